The van der Waals surface area contributed by atoms with Crippen LogP contribution in [0, 0.1) is 6.92 Å². The monoisotopic (exact) mass is 490 g/mol. The Morgan fingerprint density at radius 3 is 2.85 bits per heavy atom. The maximum absolute atomic E-state index is 5.62. The van der Waals surface area contributed by atoms with E-state index in [4.69, 9.17) is 17.1 Å². The van der Waals surface area contributed by atoms with Crippen LogP contribution < -0.4 is 10.4 Å². The summed E-state index contributed by atoms with van der Waals surface area (Å²) in [6.45, 7) is 7.55. The molecule has 174 valence electrons. The molecule has 1 aromatic heterocycles. The van der Waals surface area contributed by atoms with Gasteiger partial charge < -0.3 is 0 Å². The molecule has 0 spiro atoms. The summed E-state index contributed by atoms with van der Waals surface area (Å²) >= 11 is 7.14. The van der Waals surface area contributed by atoms with E-state index >= 15 is 0 Å². The van der Waals surface area contributed by atoms with E-state index in [0.29, 0.717) is 17.6 Å². The maximum atomic E-state index is 5.62. The molecule has 1 fully saturated rings. The summed E-state index contributed by atoms with van der Waals surface area (Å²) in [6, 6.07) is 14.6. The SMILES string of the molecule is CCn1cnc(-c2ccc(CONC(=S)/N=C3\SCC4=CC(C)c5ccc(C)cc5N43)cc2)n1. The highest BCUT2D eigenvalue weighted by Crippen LogP contribution is 2.43. The van der Waals surface area contributed by atoms with Crippen molar-refractivity contribution in [3.05, 3.63) is 77.3 Å². The second-order valence-electron chi connectivity index (χ2n) is 8.34. The molecule has 2 aliphatic heterocycles. The highest BCUT2D eigenvalue weighted by Gasteiger charge is 2.33. The van der Waals surface area contributed by atoms with E-state index in [1.165, 1.54) is 22.5 Å². The molecular formula is C25H26N6OS2. The summed E-state index contributed by atoms with van der Waals surface area (Å²) in [5.41, 5.74) is 9.78. The number of aryl methyl sites for hydroxylation is 2. The first kappa shape index (κ1) is 22.8. The van der Waals surface area contributed by atoms with Crippen LogP contribution in [-0.2, 0) is 18.0 Å². The van der Waals surface area contributed by atoms with Gasteiger partial charge in [-0.2, -0.15) is 10.1 Å². The molecule has 0 aliphatic carbocycles. The summed E-state index contributed by atoms with van der Waals surface area (Å²) in [5.74, 6) is 1.99. The molecule has 3 aromatic rings. The molecule has 5 rings (SSSR count). The van der Waals surface area contributed by atoms with Crippen LogP contribution in [0.2, 0.25) is 0 Å². The van der Waals surface area contributed by atoms with Gasteiger partial charge >= 0.3 is 0 Å². The minimum Gasteiger partial charge on any atom is -0.292 e. The molecule has 1 saturated heterocycles. The minimum atomic E-state index is 0.308. The van der Waals surface area contributed by atoms with Gasteiger partial charge in [-0.1, -0.05) is 61.2 Å². The highest BCUT2D eigenvalue weighted by molar-refractivity contribution is 8.14. The summed E-state index contributed by atoms with van der Waals surface area (Å²) in [7, 11) is 0. The van der Waals surface area contributed by atoms with Gasteiger partial charge in [-0.25, -0.2) is 10.5 Å². The van der Waals surface area contributed by atoms with Crippen molar-refractivity contribution in [2.24, 2.45) is 4.99 Å². The van der Waals surface area contributed by atoms with E-state index in [2.05, 4.69) is 63.6 Å². The van der Waals surface area contributed by atoms with E-state index in [9.17, 15) is 0 Å². The zero-order valence-corrected chi connectivity index (χ0v) is 21.0. The van der Waals surface area contributed by atoms with E-state index in [-0.39, 0.29) is 0 Å². The van der Waals surface area contributed by atoms with Crippen molar-refractivity contribution in [3.63, 3.8) is 0 Å². The summed E-state index contributed by atoms with van der Waals surface area (Å²) < 4.78 is 1.81. The molecule has 1 atom stereocenters. The van der Waals surface area contributed by atoms with Crippen LogP contribution >= 0.6 is 24.0 Å². The number of nitrogens with zero attached hydrogens (tertiary/aromatic N) is 5. The lowest BCUT2D eigenvalue weighted by Gasteiger charge is -2.30. The lowest BCUT2D eigenvalue weighted by molar-refractivity contribution is 0.0722. The zero-order valence-electron chi connectivity index (χ0n) is 19.4. The molecule has 2 aromatic carbocycles. The number of fused-ring (bicyclic) bond motifs is 3. The number of benzene rings is 2. The number of thiocarbonyl (C=S) groups is 1. The molecular weight excluding hydrogens is 464 g/mol. The topological polar surface area (TPSA) is 67.6 Å². The van der Waals surface area contributed by atoms with Crippen molar-refractivity contribution in [1.29, 1.82) is 0 Å². The Kier molecular flexibility index (Phi) is 6.49. The number of aromatic nitrogens is 3. The third-order valence-corrected chi connectivity index (χ3v) is 7.00. The number of aliphatic imine (C=N–C) groups is 1. The first-order valence-corrected chi connectivity index (χ1v) is 12.6. The van der Waals surface area contributed by atoms with Gasteiger partial charge in [-0.15, -0.1) is 0 Å². The predicted molar refractivity (Wildman–Crippen MR) is 142 cm³/mol. The maximum Gasteiger partial charge on any atom is 0.219 e. The van der Waals surface area contributed by atoms with Crippen molar-refractivity contribution < 1.29 is 4.84 Å². The van der Waals surface area contributed by atoms with Gasteiger partial charge in [-0.05, 0) is 48.8 Å². The lowest BCUT2D eigenvalue weighted by atomic mass is 9.93. The molecule has 2 aliphatic rings. The number of allylic oxidation sites excluding steroid dienone is 1. The summed E-state index contributed by atoms with van der Waals surface area (Å²) in [5, 5.41) is 5.61. The van der Waals surface area contributed by atoms with Gasteiger partial charge in [0.2, 0.25) is 5.11 Å². The molecule has 34 heavy (non-hydrogen) atoms. The van der Waals surface area contributed by atoms with Gasteiger partial charge in [0.15, 0.2) is 11.0 Å². The quantitative estimate of drug-likeness (QED) is 0.390. The van der Waals surface area contributed by atoms with Gasteiger partial charge in [0.05, 0.1) is 12.3 Å². The lowest BCUT2D eigenvalue weighted by Crippen LogP contribution is -2.29. The third kappa shape index (κ3) is 4.64. The molecule has 0 amide bonds. The number of hydroxylamine groups is 1. The number of anilines is 1. The fourth-order valence-corrected chi connectivity index (χ4v) is 5.29. The average molecular weight is 491 g/mol. The van der Waals surface area contributed by atoms with E-state index in [1.807, 2.05) is 35.9 Å². The minimum absolute atomic E-state index is 0.308. The standard InChI is InChI=1S/C25H26N6OS2/c1-4-30-15-26-23(28-30)19-8-6-18(7-9-19)13-32-29-24(33)27-25-31-20(14-34-25)12-17(3)21-10-5-16(2)11-22(21)31/h5-12,15,17H,4,13-14H2,1-3H3,(H,29,33)/b27-25-. The van der Waals surface area contributed by atoms with Crippen molar-refractivity contribution in [2.75, 3.05) is 10.7 Å². The van der Waals surface area contributed by atoms with Crippen molar-refractivity contribution in [2.45, 2.75) is 39.8 Å². The normalized spacial score (nSPS) is 18.0. The van der Waals surface area contributed by atoms with Crippen LogP contribution in [0.3, 0.4) is 0 Å². The molecule has 0 bridgehead atoms. The Balaban J connectivity index is 1.21. The van der Waals surface area contributed by atoms with Crippen LogP contribution in [0.25, 0.3) is 11.4 Å². The Bertz CT molecular complexity index is 1280. The van der Waals surface area contributed by atoms with Crippen LogP contribution in [0.4, 0.5) is 5.69 Å². The first-order chi connectivity index (χ1) is 16.5. The van der Waals surface area contributed by atoms with Crippen LogP contribution in [0.15, 0.2) is 65.6 Å². The summed E-state index contributed by atoms with van der Waals surface area (Å²) in [4.78, 5) is 16.8. The van der Waals surface area contributed by atoms with Gasteiger partial charge in [-0.3, -0.25) is 14.4 Å². The number of amidine groups is 1. The second-order valence-corrected chi connectivity index (χ2v) is 9.67. The first-order valence-electron chi connectivity index (χ1n) is 11.2. The molecule has 0 saturated carbocycles. The Morgan fingerprint density at radius 1 is 1.26 bits per heavy atom. The second kappa shape index (κ2) is 9.69. The van der Waals surface area contributed by atoms with E-state index in [1.54, 1.807) is 18.1 Å². The molecule has 9 heteroatoms. The molecule has 7 nitrogen and oxygen atoms in total. The van der Waals surface area contributed by atoms with Crippen LogP contribution in [0.5, 0.6) is 0 Å². The van der Waals surface area contributed by atoms with Gasteiger partial charge in [0, 0.05) is 29.5 Å². The largest absolute Gasteiger partial charge is 0.292 e. The van der Waals surface area contributed by atoms with E-state index in [0.717, 1.165) is 34.4 Å². The zero-order chi connectivity index (χ0) is 23.7. The van der Waals surface area contributed by atoms with Gasteiger partial charge in [0.1, 0.15) is 6.33 Å². The van der Waals surface area contributed by atoms with Crippen LogP contribution in [0.1, 0.15) is 36.5 Å². The fourth-order valence-electron chi connectivity index (χ4n) is 4.08. The third-order valence-electron chi connectivity index (χ3n) is 5.86. The van der Waals surface area contributed by atoms with Gasteiger partial charge in [0.25, 0.3) is 0 Å². The number of hydrogen-bond acceptors (Lipinski definition) is 5. The fraction of sp³-hybridized carbons (Fsp3) is 0.280. The Hall–Kier alpha value is -3.01. The highest BCUT2D eigenvalue weighted by atomic mass is 32.2. The summed E-state index contributed by atoms with van der Waals surface area (Å²) in [6.07, 6.45) is 4.05. The van der Waals surface area contributed by atoms with Crippen molar-refractivity contribution in [3.8, 4) is 11.4 Å². The number of hydrogen-bond donors (Lipinski definition) is 1. The molecule has 3 heterocycles. The molecule has 1 unspecified atom stereocenters. The number of thioether (sulfide) groups is 1. The number of rotatable bonds is 5. The van der Waals surface area contributed by atoms with Crippen LogP contribution in [-0.4, -0.2) is 30.8 Å². The Labute approximate surface area is 208 Å². The Morgan fingerprint density at radius 2 is 2.09 bits per heavy atom. The van der Waals surface area contributed by atoms with Crippen molar-refractivity contribution in [1.82, 2.24) is 20.2 Å². The predicted octanol–water partition coefficient (Wildman–Crippen LogP) is 5.19. The molecule has 1 N–H and O–H groups in total. The number of nitrogens with one attached hydrogen (secondary N) is 1. The average Bonchev–Trinajstić information content (AvgIpc) is 3.47. The smallest absolute Gasteiger partial charge is 0.219 e. The molecule has 0 radical (unpaired) electrons. The van der Waals surface area contributed by atoms with Crippen molar-refractivity contribution >= 4 is 39.9 Å². The van der Waals surface area contributed by atoms with E-state index < -0.39 is 0 Å².